The van der Waals surface area contributed by atoms with Gasteiger partial charge >= 0.3 is 0 Å². The maximum absolute atomic E-state index is 11.7. The Hall–Kier alpha value is -0.610. The average molecular weight is 469 g/mol. The van der Waals surface area contributed by atoms with Crippen LogP contribution in [0.3, 0.4) is 0 Å². The normalized spacial score (nSPS) is 14.6. The maximum Gasteiger partial charge on any atom is 0.223 e. The second-order valence-corrected chi connectivity index (χ2v) is 6.35. The van der Waals surface area contributed by atoms with Gasteiger partial charge in [0.1, 0.15) is 0 Å². The summed E-state index contributed by atoms with van der Waals surface area (Å²) in [4.78, 5) is 18.2. The topological polar surface area (TPSA) is 78.0 Å². The average Bonchev–Trinajstić information content (AvgIpc) is 2.51. The molecule has 1 rings (SSSR count). The highest BCUT2D eigenvalue weighted by Crippen LogP contribution is 2.25. The number of rotatable bonds is 12. The van der Waals surface area contributed by atoms with Crippen LogP contribution in [-0.2, 0) is 9.53 Å². The summed E-state index contributed by atoms with van der Waals surface area (Å²) in [7, 11) is 5.62. The number of guanidine groups is 1. The van der Waals surface area contributed by atoms with Gasteiger partial charge in [0, 0.05) is 59.4 Å². The second kappa shape index (κ2) is 15.6. The van der Waals surface area contributed by atoms with Gasteiger partial charge in [-0.15, -0.1) is 24.0 Å². The molecule has 1 amide bonds. The first kappa shape index (κ1) is 24.4. The number of amides is 1. The smallest absolute Gasteiger partial charge is 0.223 e. The molecular formula is C17H36IN5O2. The molecule has 7 nitrogen and oxygen atoms in total. The van der Waals surface area contributed by atoms with E-state index in [9.17, 15) is 4.79 Å². The van der Waals surface area contributed by atoms with Gasteiger partial charge in [-0.25, -0.2) is 0 Å². The lowest BCUT2D eigenvalue weighted by molar-refractivity contribution is -0.127. The molecule has 1 fully saturated rings. The third kappa shape index (κ3) is 11.6. The van der Waals surface area contributed by atoms with Crippen LogP contribution < -0.4 is 16.0 Å². The lowest BCUT2D eigenvalue weighted by atomic mass is 9.85. The number of nitrogens with zero attached hydrogens (tertiary/aromatic N) is 2. The minimum atomic E-state index is 0. The molecule has 0 aromatic carbocycles. The summed E-state index contributed by atoms with van der Waals surface area (Å²) >= 11 is 0. The lowest BCUT2D eigenvalue weighted by Crippen LogP contribution is -2.42. The molecule has 1 aliphatic carbocycles. The first-order chi connectivity index (χ1) is 11.7. The van der Waals surface area contributed by atoms with E-state index >= 15 is 0 Å². The number of methoxy groups -OCH3 is 1. The number of halogens is 1. The van der Waals surface area contributed by atoms with Gasteiger partial charge in [-0.3, -0.25) is 9.79 Å². The molecule has 0 radical (unpaired) electrons. The molecule has 148 valence electrons. The van der Waals surface area contributed by atoms with Crippen molar-refractivity contribution in [1.82, 2.24) is 20.9 Å². The van der Waals surface area contributed by atoms with Crippen LogP contribution in [0, 0.1) is 5.92 Å². The van der Waals surface area contributed by atoms with E-state index in [0.29, 0.717) is 0 Å². The largest absolute Gasteiger partial charge is 0.385 e. The predicted molar refractivity (Wildman–Crippen MR) is 114 cm³/mol. The Balaban J connectivity index is 0.00000576. The Morgan fingerprint density at radius 2 is 1.80 bits per heavy atom. The lowest BCUT2D eigenvalue weighted by Gasteiger charge is -2.24. The van der Waals surface area contributed by atoms with Crippen LogP contribution in [0.1, 0.15) is 32.1 Å². The molecule has 0 unspecified atom stereocenters. The number of ether oxygens (including phenoxy) is 1. The van der Waals surface area contributed by atoms with Crippen molar-refractivity contribution in [2.24, 2.45) is 10.9 Å². The number of hydrogen-bond donors (Lipinski definition) is 3. The highest BCUT2D eigenvalue weighted by atomic mass is 127. The van der Waals surface area contributed by atoms with Crippen molar-refractivity contribution in [3.8, 4) is 0 Å². The summed E-state index contributed by atoms with van der Waals surface area (Å²) in [6.07, 6.45) is 5.26. The summed E-state index contributed by atoms with van der Waals surface area (Å²) in [5.41, 5.74) is 0. The van der Waals surface area contributed by atoms with Gasteiger partial charge in [0.2, 0.25) is 5.91 Å². The van der Waals surface area contributed by atoms with Crippen LogP contribution in [0.2, 0.25) is 0 Å². The van der Waals surface area contributed by atoms with Gasteiger partial charge in [-0.2, -0.15) is 0 Å². The quantitative estimate of drug-likeness (QED) is 0.172. The van der Waals surface area contributed by atoms with Crippen molar-refractivity contribution in [2.75, 3.05) is 60.5 Å². The molecule has 3 N–H and O–H groups in total. The van der Waals surface area contributed by atoms with Crippen LogP contribution in [0.5, 0.6) is 0 Å². The van der Waals surface area contributed by atoms with Crippen LogP contribution in [0.4, 0.5) is 0 Å². The zero-order chi connectivity index (χ0) is 17.6. The standard InChI is InChI=1S/C17H35N5O2.HI/c1-18-17(21-11-13-22(2)12-6-14-24-3)20-10-5-9-19-16(23)15-7-4-8-15;/h15H,4-14H2,1-3H3,(H,19,23)(H2,18,20,21);1H. The Morgan fingerprint density at radius 3 is 2.40 bits per heavy atom. The van der Waals surface area contributed by atoms with Crippen LogP contribution in [0.25, 0.3) is 0 Å². The van der Waals surface area contributed by atoms with E-state index in [4.69, 9.17) is 4.74 Å². The number of carbonyl (C=O) groups is 1. The second-order valence-electron chi connectivity index (χ2n) is 6.35. The van der Waals surface area contributed by atoms with E-state index in [2.05, 4.69) is 32.9 Å². The zero-order valence-electron chi connectivity index (χ0n) is 16.0. The van der Waals surface area contributed by atoms with Gasteiger partial charge < -0.3 is 25.6 Å². The fourth-order valence-electron chi connectivity index (χ4n) is 2.50. The minimum Gasteiger partial charge on any atom is -0.385 e. The van der Waals surface area contributed by atoms with E-state index in [0.717, 1.165) is 71.0 Å². The molecule has 0 aromatic heterocycles. The SMILES string of the molecule is CN=C(NCCCNC(=O)C1CCC1)NCCN(C)CCCOC.I. The van der Waals surface area contributed by atoms with Crippen molar-refractivity contribution in [2.45, 2.75) is 32.1 Å². The Bertz CT molecular complexity index is 378. The molecule has 0 bridgehead atoms. The van der Waals surface area contributed by atoms with E-state index in [-0.39, 0.29) is 35.8 Å². The van der Waals surface area contributed by atoms with E-state index in [1.165, 1.54) is 6.42 Å². The monoisotopic (exact) mass is 469 g/mol. The van der Waals surface area contributed by atoms with Crippen molar-refractivity contribution in [3.63, 3.8) is 0 Å². The molecule has 0 saturated heterocycles. The van der Waals surface area contributed by atoms with Crippen LogP contribution in [0.15, 0.2) is 4.99 Å². The number of hydrogen-bond acceptors (Lipinski definition) is 4. The molecule has 0 aliphatic heterocycles. The molecular weight excluding hydrogens is 433 g/mol. The highest BCUT2D eigenvalue weighted by molar-refractivity contribution is 14.0. The molecule has 1 aliphatic rings. The first-order valence-electron chi connectivity index (χ1n) is 9.07. The number of nitrogens with one attached hydrogen (secondary N) is 3. The van der Waals surface area contributed by atoms with Crippen molar-refractivity contribution < 1.29 is 9.53 Å². The summed E-state index contributed by atoms with van der Waals surface area (Å²) in [6, 6.07) is 0. The van der Waals surface area contributed by atoms with Crippen LogP contribution >= 0.6 is 24.0 Å². The third-order valence-electron chi connectivity index (χ3n) is 4.32. The van der Waals surface area contributed by atoms with E-state index in [1.54, 1.807) is 14.2 Å². The van der Waals surface area contributed by atoms with Gasteiger partial charge in [0.25, 0.3) is 0 Å². The fraction of sp³-hybridized carbons (Fsp3) is 0.882. The molecule has 1 saturated carbocycles. The Morgan fingerprint density at radius 1 is 1.12 bits per heavy atom. The molecule has 0 spiro atoms. The third-order valence-corrected chi connectivity index (χ3v) is 4.32. The Labute approximate surface area is 169 Å². The van der Waals surface area contributed by atoms with E-state index < -0.39 is 0 Å². The van der Waals surface area contributed by atoms with Gasteiger partial charge in [-0.05, 0) is 32.7 Å². The van der Waals surface area contributed by atoms with Gasteiger partial charge in [0.15, 0.2) is 5.96 Å². The van der Waals surface area contributed by atoms with Crippen molar-refractivity contribution in [3.05, 3.63) is 0 Å². The number of carbonyl (C=O) groups excluding carboxylic acids is 1. The summed E-state index contributed by atoms with van der Waals surface area (Å²) in [6.45, 7) is 5.17. The Kier molecular flexibility index (Phi) is 15.2. The molecule has 8 heteroatoms. The number of aliphatic imine (C=N–C) groups is 1. The summed E-state index contributed by atoms with van der Waals surface area (Å²) in [5.74, 6) is 1.30. The summed E-state index contributed by atoms with van der Waals surface area (Å²) in [5, 5.41) is 9.58. The van der Waals surface area contributed by atoms with Gasteiger partial charge in [0.05, 0.1) is 0 Å². The first-order valence-corrected chi connectivity index (χ1v) is 9.07. The summed E-state index contributed by atoms with van der Waals surface area (Å²) < 4.78 is 5.06. The highest BCUT2D eigenvalue weighted by Gasteiger charge is 2.24. The molecule has 0 aromatic rings. The van der Waals surface area contributed by atoms with Crippen molar-refractivity contribution in [1.29, 1.82) is 0 Å². The number of likely N-dealkylation sites (N-methyl/N-ethyl adjacent to an activating group) is 1. The molecule has 0 atom stereocenters. The minimum absolute atomic E-state index is 0. The predicted octanol–water partition coefficient (Wildman–Crippen LogP) is 1.04. The molecule has 25 heavy (non-hydrogen) atoms. The maximum atomic E-state index is 11.7. The van der Waals surface area contributed by atoms with E-state index in [1.807, 2.05) is 0 Å². The molecule has 0 heterocycles. The van der Waals surface area contributed by atoms with Crippen LogP contribution in [-0.4, -0.2) is 77.3 Å². The van der Waals surface area contributed by atoms with Gasteiger partial charge in [-0.1, -0.05) is 6.42 Å². The zero-order valence-corrected chi connectivity index (χ0v) is 18.3. The fourth-order valence-corrected chi connectivity index (χ4v) is 2.50. The van der Waals surface area contributed by atoms with Crippen molar-refractivity contribution >= 4 is 35.8 Å².